The molecule has 12 heteroatoms. The van der Waals surface area contributed by atoms with E-state index in [0.29, 0.717) is 14.2 Å². The average Bonchev–Trinajstić information content (AvgIpc) is 2.43. The Balaban J connectivity index is 3.30. The molecule has 0 aliphatic carbocycles. The number of hydrogen-bond donors (Lipinski definition) is 0. The van der Waals surface area contributed by atoms with Gasteiger partial charge in [0.05, 0.1) is 0 Å². The van der Waals surface area contributed by atoms with Gasteiger partial charge in [-0.1, -0.05) is 0 Å². The molecule has 1 saturated heterocycles. The number of carbonyl (C=O) groups is 6. The Labute approximate surface area is 102 Å². The molecule has 0 aromatic carbocycles. The second-order valence-corrected chi connectivity index (χ2v) is 3.31. The van der Waals surface area contributed by atoms with Gasteiger partial charge in [-0.05, 0) is 0 Å². The fraction of sp³-hybridized carbons (Fsp3) is 0. The van der Waals surface area contributed by atoms with Crippen molar-refractivity contribution in [3.05, 3.63) is 0 Å². The summed E-state index contributed by atoms with van der Waals surface area (Å²) in [6.45, 7) is -4.25. The largest absolute Gasteiger partial charge is 0.428 e. The van der Waals surface area contributed by atoms with E-state index in [0.717, 1.165) is 0 Å². The van der Waals surface area contributed by atoms with Crippen LogP contribution in [-0.4, -0.2) is 72.9 Å². The number of hydrogen-bond acceptors (Lipinski definition) is 6. The minimum absolute atomic E-state index is 0.145. The third kappa shape index (κ3) is 1.92. The van der Waals surface area contributed by atoms with Crippen LogP contribution in [0.15, 0.2) is 0 Å². The molecule has 3 amide bonds. The lowest BCUT2D eigenvalue weighted by Crippen LogP contribution is -2.78. The van der Waals surface area contributed by atoms with Crippen LogP contribution >= 0.6 is 0 Å². The van der Waals surface area contributed by atoms with Gasteiger partial charge in [0.25, 0.3) is 0 Å². The Bertz CT molecular complexity index is 290. The van der Waals surface area contributed by atoms with Crippen LogP contribution in [-0.2, 0) is 28.8 Å². The van der Waals surface area contributed by atoms with Gasteiger partial charge in [-0.3, -0.25) is 14.4 Å². The first-order chi connectivity index (χ1) is 8.69. The molecule has 0 bridgehead atoms. The molecule has 1 aliphatic rings. The maximum Gasteiger partial charge on any atom is 0.428 e. The summed E-state index contributed by atoms with van der Waals surface area (Å²) in [6.07, 6.45) is 1.10. The molecule has 1 aliphatic heterocycles. The first-order valence-corrected chi connectivity index (χ1v) is 4.74. The fourth-order valence-corrected chi connectivity index (χ4v) is 1.73. The first-order valence-electron chi connectivity index (χ1n) is 4.74. The summed E-state index contributed by atoms with van der Waals surface area (Å²) in [5.74, 6) is 0. The van der Waals surface area contributed by atoms with Gasteiger partial charge in [-0.2, -0.15) is 0 Å². The molecule has 0 unspecified atom stereocenters. The predicted molar refractivity (Wildman–Crippen MR) is 61.2 cm³/mol. The van der Waals surface area contributed by atoms with Crippen molar-refractivity contribution in [3.63, 3.8) is 0 Å². The fourth-order valence-electron chi connectivity index (χ4n) is 1.73. The van der Waals surface area contributed by atoms with Crippen molar-refractivity contribution in [2.24, 2.45) is 0 Å². The minimum Gasteiger partial charge on any atom is -0.385 e. The molecule has 0 N–H and O–H groups in total. The maximum absolute atomic E-state index is 10.9. The number of amides is 3. The third-order valence-corrected chi connectivity index (χ3v) is 2.56. The first kappa shape index (κ1) is 13.7. The Hall–Kier alpha value is -2.39. The Morgan fingerprint density at radius 2 is 0.722 bits per heavy atom. The molecule has 9 nitrogen and oxygen atoms in total. The standard InChI is InChI=1S/C6H6B3N3O6/c13-1-7-10(4-16)8(2-14)12(6-18)9(3-15)11(7)5-17/h1-6H. The van der Waals surface area contributed by atoms with Crippen LogP contribution < -0.4 is 0 Å². The maximum atomic E-state index is 10.9. The molecular formula is C6H6B3N3O6. The number of rotatable bonds is 6. The number of carbonyl (C=O) groups excluding carboxylic acids is 6. The monoisotopic (exact) mass is 249 g/mol. The second-order valence-electron chi connectivity index (χ2n) is 3.31. The Morgan fingerprint density at radius 3 is 0.833 bits per heavy atom. The average molecular weight is 249 g/mol. The van der Waals surface area contributed by atoms with Gasteiger partial charge in [0.1, 0.15) is 18.6 Å². The predicted octanol–water partition coefficient (Wildman–Crippen LogP) is -3.84. The zero-order valence-corrected chi connectivity index (χ0v) is 8.99. The molecule has 0 aromatic rings. The van der Waals surface area contributed by atoms with Gasteiger partial charge in [-0.15, -0.1) is 0 Å². The smallest absolute Gasteiger partial charge is 0.385 e. The highest BCUT2D eigenvalue weighted by molar-refractivity contribution is 7.10. The van der Waals surface area contributed by atoms with Crippen LogP contribution in [0.2, 0.25) is 0 Å². The van der Waals surface area contributed by atoms with Crippen molar-refractivity contribution >= 4 is 58.7 Å². The van der Waals surface area contributed by atoms with E-state index in [-0.39, 0.29) is 37.8 Å². The molecule has 0 spiro atoms. The highest BCUT2D eigenvalue weighted by atomic mass is 16.2. The van der Waals surface area contributed by atoms with Crippen molar-refractivity contribution in [2.45, 2.75) is 0 Å². The van der Waals surface area contributed by atoms with Crippen molar-refractivity contribution in [1.29, 1.82) is 0 Å². The topological polar surface area (TPSA) is 112 Å². The van der Waals surface area contributed by atoms with E-state index in [1.54, 1.807) is 0 Å². The summed E-state index contributed by atoms with van der Waals surface area (Å²) in [6, 6.07) is 0. The normalized spacial score (nSPS) is 15.3. The molecule has 1 heterocycles. The van der Waals surface area contributed by atoms with Gasteiger partial charge >= 0.3 is 20.9 Å². The molecule has 1 fully saturated rings. The molecule has 0 aromatic heterocycles. The summed E-state index contributed by atoms with van der Waals surface area (Å²) in [4.78, 5) is 65.2. The summed E-state index contributed by atoms with van der Waals surface area (Å²) < 4.78 is 1.97. The second kappa shape index (κ2) is 5.80. The van der Waals surface area contributed by atoms with E-state index in [4.69, 9.17) is 0 Å². The van der Waals surface area contributed by atoms with Crippen LogP contribution in [0.4, 0.5) is 0 Å². The van der Waals surface area contributed by atoms with Gasteiger partial charge < -0.3 is 28.5 Å². The summed E-state index contributed by atoms with van der Waals surface area (Å²) in [5, 5.41) is 0. The zero-order chi connectivity index (χ0) is 13.7. The van der Waals surface area contributed by atoms with Gasteiger partial charge in [0.2, 0.25) is 0 Å². The lowest BCUT2D eigenvalue weighted by Gasteiger charge is -2.44. The highest BCUT2D eigenvalue weighted by Gasteiger charge is 2.53. The van der Waals surface area contributed by atoms with E-state index >= 15 is 0 Å². The van der Waals surface area contributed by atoms with Crippen LogP contribution in [0.1, 0.15) is 0 Å². The number of nitrogens with zero attached hydrogens (tertiary/aromatic N) is 3. The third-order valence-electron chi connectivity index (χ3n) is 2.56. The van der Waals surface area contributed by atoms with E-state index in [9.17, 15) is 28.8 Å². The Morgan fingerprint density at radius 1 is 0.500 bits per heavy atom. The van der Waals surface area contributed by atoms with Crippen LogP contribution in [0.5, 0.6) is 0 Å². The summed E-state index contributed by atoms with van der Waals surface area (Å²) in [7, 11) is 0. The van der Waals surface area contributed by atoms with Gasteiger partial charge in [-0.25, -0.2) is 0 Å². The van der Waals surface area contributed by atoms with Crippen molar-refractivity contribution in [2.75, 3.05) is 0 Å². The van der Waals surface area contributed by atoms with E-state index in [1.165, 1.54) is 0 Å². The van der Waals surface area contributed by atoms with Crippen LogP contribution in [0.25, 0.3) is 0 Å². The zero-order valence-electron chi connectivity index (χ0n) is 8.99. The molecule has 0 saturated carbocycles. The van der Waals surface area contributed by atoms with Crippen molar-refractivity contribution in [3.8, 4) is 0 Å². The van der Waals surface area contributed by atoms with Crippen molar-refractivity contribution < 1.29 is 28.8 Å². The molecule has 0 atom stereocenters. The quantitative estimate of drug-likeness (QED) is 0.351. The highest BCUT2D eigenvalue weighted by Crippen LogP contribution is 2.12. The molecule has 1 rings (SSSR count). The Kier molecular flexibility index (Phi) is 4.41. The minimum atomic E-state index is -1.42. The van der Waals surface area contributed by atoms with E-state index in [2.05, 4.69) is 0 Å². The van der Waals surface area contributed by atoms with Crippen LogP contribution in [0.3, 0.4) is 0 Å². The molecule has 18 heavy (non-hydrogen) atoms. The van der Waals surface area contributed by atoms with Gasteiger partial charge in [0, 0.05) is 0 Å². The summed E-state index contributed by atoms with van der Waals surface area (Å²) in [5.41, 5.74) is 0. The van der Waals surface area contributed by atoms with Gasteiger partial charge in [0.15, 0.2) is 19.2 Å². The van der Waals surface area contributed by atoms with E-state index in [1.807, 2.05) is 0 Å². The SMILES string of the molecule is O=CB1N(C=O)B(C=O)N(C=O)B(C=O)N1C=O. The van der Waals surface area contributed by atoms with Crippen LogP contribution in [0, 0.1) is 0 Å². The molecule has 90 valence electrons. The van der Waals surface area contributed by atoms with E-state index < -0.39 is 20.9 Å². The summed E-state index contributed by atoms with van der Waals surface area (Å²) >= 11 is 0. The molecule has 0 radical (unpaired) electrons. The molecular weight excluding hydrogens is 243 g/mol. The lowest BCUT2D eigenvalue weighted by atomic mass is 9.45. The lowest BCUT2D eigenvalue weighted by molar-refractivity contribution is -0.114. The van der Waals surface area contributed by atoms with Crippen molar-refractivity contribution in [1.82, 2.24) is 14.2 Å².